The van der Waals surface area contributed by atoms with Gasteiger partial charge in [0.2, 0.25) is 11.8 Å². The van der Waals surface area contributed by atoms with Crippen molar-refractivity contribution in [2.45, 2.75) is 38.6 Å². The maximum atomic E-state index is 12.7. The number of carbonyl (C=O) groups is 2. The van der Waals surface area contributed by atoms with Crippen LogP contribution in [0.2, 0.25) is 0 Å². The zero-order valence-corrected chi connectivity index (χ0v) is 15.5. The van der Waals surface area contributed by atoms with Crippen molar-refractivity contribution in [1.82, 2.24) is 4.90 Å². The highest BCUT2D eigenvalue weighted by molar-refractivity contribution is 6.05. The smallest absolute Gasteiger partial charge is 0.237 e. The first-order valence-corrected chi connectivity index (χ1v) is 9.55. The van der Waals surface area contributed by atoms with Gasteiger partial charge in [0.25, 0.3) is 0 Å². The minimum Gasteiger partial charge on any atom is -0.493 e. The van der Waals surface area contributed by atoms with E-state index in [1.54, 1.807) is 19.1 Å². The van der Waals surface area contributed by atoms with E-state index in [-0.39, 0.29) is 23.7 Å². The first-order chi connectivity index (χ1) is 12.6. The Morgan fingerprint density at radius 2 is 1.58 bits per heavy atom. The summed E-state index contributed by atoms with van der Waals surface area (Å²) in [5.74, 6) is 1.49. The molecular formula is C20H27N2O4+. The van der Waals surface area contributed by atoms with Crippen LogP contribution in [0.25, 0.3) is 0 Å². The van der Waals surface area contributed by atoms with Crippen LogP contribution in [0.3, 0.4) is 0 Å². The Morgan fingerprint density at radius 1 is 1.00 bits per heavy atom. The molecule has 4 rings (SSSR count). The Balaban J connectivity index is 1.49. The lowest BCUT2D eigenvalue weighted by Gasteiger charge is -2.29. The standard InChI is InChI=1S/C20H26N2O4/c1-25-17-9-13-7-8-21(11-14(13)10-18(17)26-2)12-22-19(23)15-5-3-4-6-16(15)20(22)24/h9-10,15-16H,3-8,11-12H2,1-2H3/p+1/t15-,16-/m0/s1. The molecule has 1 unspecified atom stereocenters. The number of ether oxygens (including phenoxy) is 2. The van der Waals surface area contributed by atoms with E-state index in [0.29, 0.717) is 6.67 Å². The van der Waals surface area contributed by atoms with Crippen LogP contribution in [0.4, 0.5) is 0 Å². The summed E-state index contributed by atoms with van der Waals surface area (Å²) in [7, 11) is 3.29. The molecule has 1 saturated carbocycles. The molecule has 6 heteroatoms. The Morgan fingerprint density at radius 3 is 2.15 bits per heavy atom. The van der Waals surface area contributed by atoms with Crippen molar-refractivity contribution in [1.29, 1.82) is 0 Å². The minimum atomic E-state index is -0.0583. The van der Waals surface area contributed by atoms with E-state index in [1.165, 1.54) is 16.0 Å². The van der Waals surface area contributed by atoms with Gasteiger partial charge >= 0.3 is 0 Å². The molecule has 1 aromatic carbocycles. The number of fused-ring (bicyclic) bond motifs is 2. The van der Waals surface area contributed by atoms with Gasteiger partial charge in [0, 0.05) is 12.0 Å². The van der Waals surface area contributed by atoms with Gasteiger partial charge in [-0.1, -0.05) is 12.8 Å². The highest BCUT2D eigenvalue weighted by Gasteiger charge is 2.49. The molecule has 3 atom stereocenters. The number of nitrogens with zero attached hydrogens (tertiary/aromatic N) is 1. The Bertz CT molecular complexity index is 709. The van der Waals surface area contributed by atoms with Crippen LogP contribution in [0, 0.1) is 11.8 Å². The summed E-state index contributed by atoms with van der Waals surface area (Å²) in [4.78, 5) is 28.2. The first kappa shape index (κ1) is 17.3. The highest BCUT2D eigenvalue weighted by Crippen LogP contribution is 2.37. The summed E-state index contributed by atoms with van der Waals surface area (Å²) >= 11 is 0. The average molecular weight is 359 g/mol. The number of quaternary nitrogens is 1. The topological polar surface area (TPSA) is 60.3 Å². The average Bonchev–Trinajstić information content (AvgIpc) is 2.92. The molecule has 1 N–H and O–H groups in total. The number of hydrogen-bond donors (Lipinski definition) is 1. The summed E-state index contributed by atoms with van der Waals surface area (Å²) in [5, 5.41) is 0. The number of methoxy groups -OCH3 is 2. The molecule has 3 aliphatic rings. The second-order valence-corrected chi connectivity index (χ2v) is 7.66. The van der Waals surface area contributed by atoms with Gasteiger partial charge in [-0.2, -0.15) is 0 Å². The number of imide groups is 1. The fourth-order valence-electron chi connectivity index (χ4n) is 4.78. The van der Waals surface area contributed by atoms with E-state index in [0.717, 1.165) is 56.7 Å². The third-order valence-corrected chi connectivity index (χ3v) is 6.21. The number of nitrogens with one attached hydrogen (secondary N) is 1. The summed E-state index contributed by atoms with van der Waals surface area (Å²) < 4.78 is 10.8. The maximum absolute atomic E-state index is 12.7. The van der Waals surface area contributed by atoms with E-state index in [4.69, 9.17) is 9.47 Å². The van der Waals surface area contributed by atoms with Gasteiger partial charge in [0.05, 0.1) is 32.6 Å². The largest absolute Gasteiger partial charge is 0.493 e. The van der Waals surface area contributed by atoms with Crippen molar-refractivity contribution >= 4 is 11.8 Å². The van der Waals surface area contributed by atoms with Crippen molar-refractivity contribution in [2.24, 2.45) is 11.8 Å². The quantitative estimate of drug-likeness (QED) is 0.807. The third kappa shape index (κ3) is 2.86. The van der Waals surface area contributed by atoms with Crippen LogP contribution in [0.5, 0.6) is 11.5 Å². The number of likely N-dealkylation sites (tertiary alicyclic amines) is 1. The SMILES string of the molecule is COc1cc2c(cc1OC)C[NH+](CN1C(=O)[C@H]3CCCC[C@@H]3C1=O)CC2. The lowest BCUT2D eigenvalue weighted by Crippen LogP contribution is -3.13. The van der Waals surface area contributed by atoms with Crippen molar-refractivity contribution in [3.63, 3.8) is 0 Å². The van der Waals surface area contributed by atoms with Crippen LogP contribution < -0.4 is 14.4 Å². The van der Waals surface area contributed by atoms with Crippen molar-refractivity contribution in [2.75, 3.05) is 27.4 Å². The van der Waals surface area contributed by atoms with Crippen molar-refractivity contribution in [3.8, 4) is 11.5 Å². The normalized spacial score (nSPS) is 27.9. The number of hydrogen-bond acceptors (Lipinski definition) is 4. The van der Waals surface area contributed by atoms with Crippen LogP contribution in [0.15, 0.2) is 12.1 Å². The molecule has 0 spiro atoms. The number of carbonyl (C=O) groups excluding carboxylic acids is 2. The van der Waals surface area contributed by atoms with Gasteiger partial charge in [-0.25, -0.2) is 4.90 Å². The van der Waals surface area contributed by atoms with Crippen molar-refractivity contribution < 1.29 is 24.0 Å². The van der Waals surface area contributed by atoms with Crippen LogP contribution >= 0.6 is 0 Å². The second-order valence-electron chi connectivity index (χ2n) is 7.66. The van der Waals surface area contributed by atoms with Gasteiger partial charge in [0.1, 0.15) is 6.54 Å². The van der Waals surface area contributed by atoms with E-state index in [1.807, 2.05) is 12.1 Å². The van der Waals surface area contributed by atoms with Crippen LogP contribution in [0.1, 0.15) is 36.8 Å². The van der Waals surface area contributed by atoms with E-state index in [9.17, 15) is 9.59 Å². The van der Waals surface area contributed by atoms with Crippen LogP contribution in [-0.4, -0.2) is 44.1 Å². The molecule has 1 aromatic rings. The zero-order valence-electron chi connectivity index (χ0n) is 15.5. The highest BCUT2D eigenvalue weighted by atomic mass is 16.5. The molecule has 2 fully saturated rings. The zero-order chi connectivity index (χ0) is 18.3. The Labute approximate surface area is 154 Å². The fourth-order valence-corrected chi connectivity index (χ4v) is 4.78. The van der Waals surface area contributed by atoms with Gasteiger partial charge in [-0.15, -0.1) is 0 Å². The lowest BCUT2D eigenvalue weighted by atomic mass is 9.81. The van der Waals surface area contributed by atoms with Crippen LogP contribution in [-0.2, 0) is 22.6 Å². The Kier molecular flexibility index (Phi) is 4.61. The summed E-state index contributed by atoms with van der Waals surface area (Å²) in [6.07, 6.45) is 4.80. The molecule has 26 heavy (non-hydrogen) atoms. The maximum Gasteiger partial charge on any atom is 0.237 e. The van der Waals surface area contributed by atoms with E-state index < -0.39 is 0 Å². The predicted molar refractivity (Wildman–Crippen MR) is 95.0 cm³/mol. The molecule has 2 amide bonds. The predicted octanol–water partition coefficient (Wildman–Crippen LogP) is 0.778. The molecule has 6 nitrogen and oxygen atoms in total. The number of rotatable bonds is 4. The second kappa shape index (κ2) is 6.91. The monoisotopic (exact) mass is 359 g/mol. The van der Waals surface area contributed by atoms with Crippen molar-refractivity contribution in [3.05, 3.63) is 23.3 Å². The lowest BCUT2D eigenvalue weighted by molar-refractivity contribution is -0.923. The summed E-state index contributed by atoms with van der Waals surface area (Å²) in [6.45, 7) is 2.19. The van der Waals surface area contributed by atoms with E-state index in [2.05, 4.69) is 0 Å². The molecule has 0 aromatic heterocycles. The Hall–Kier alpha value is -2.08. The molecule has 2 heterocycles. The van der Waals surface area contributed by atoms with Gasteiger partial charge in [-0.05, 0) is 30.5 Å². The molecule has 140 valence electrons. The first-order valence-electron chi connectivity index (χ1n) is 9.55. The minimum absolute atomic E-state index is 0.0583. The summed E-state index contributed by atoms with van der Waals surface area (Å²) in [6, 6.07) is 4.08. The summed E-state index contributed by atoms with van der Waals surface area (Å²) in [5.41, 5.74) is 2.47. The number of benzene rings is 1. The molecule has 0 radical (unpaired) electrons. The van der Waals surface area contributed by atoms with Gasteiger partial charge in [0.15, 0.2) is 18.2 Å². The number of amides is 2. The van der Waals surface area contributed by atoms with E-state index >= 15 is 0 Å². The molecule has 2 aliphatic heterocycles. The molecular weight excluding hydrogens is 332 g/mol. The fraction of sp³-hybridized carbons (Fsp3) is 0.600. The van der Waals surface area contributed by atoms with Gasteiger partial charge in [-0.3, -0.25) is 9.59 Å². The molecule has 0 bridgehead atoms. The molecule has 1 saturated heterocycles. The molecule has 1 aliphatic carbocycles. The van der Waals surface area contributed by atoms with Gasteiger partial charge < -0.3 is 14.4 Å². The third-order valence-electron chi connectivity index (χ3n) is 6.21.